The van der Waals surface area contributed by atoms with Crippen LogP contribution in [0.5, 0.6) is 0 Å². The van der Waals surface area contributed by atoms with Gasteiger partial charge in [-0.1, -0.05) is 6.07 Å². The van der Waals surface area contributed by atoms with Crippen LogP contribution in [0.4, 0.5) is 0 Å². The van der Waals surface area contributed by atoms with Crippen molar-refractivity contribution in [1.82, 2.24) is 9.71 Å². The van der Waals surface area contributed by atoms with Crippen LogP contribution >= 0.6 is 15.9 Å². The molecule has 0 spiro atoms. The molecule has 0 bridgehead atoms. The van der Waals surface area contributed by atoms with Gasteiger partial charge in [0.2, 0.25) is 10.0 Å². The molecule has 0 radical (unpaired) electrons. The number of rotatable bonds is 3. The van der Waals surface area contributed by atoms with Gasteiger partial charge in [-0.15, -0.1) is 0 Å². The standard InChI is InChI=1S/C8H9BrN2O3S/c1-2-15(13,14)11-8(12)6-4-3-5-7(9)10-6/h3-5H,2H2,1H3,(H,11,12). The normalized spacial score (nSPS) is 11.1. The average molecular weight is 293 g/mol. The molecule has 1 N–H and O–H groups in total. The molecule has 1 aromatic heterocycles. The van der Waals surface area contributed by atoms with E-state index in [1.54, 1.807) is 12.1 Å². The topological polar surface area (TPSA) is 76.1 Å². The Labute approximate surface area is 96.1 Å². The molecule has 15 heavy (non-hydrogen) atoms. The molecule has 0 fully saturated rings. The zero-order valence-electron chi connectivity index (χ0n) is 7.90. The minimum atomic E-state index is -3.53. The molecule has 5 nitrogen and oxygen atoms in total. The van der Waals surface area contributed by atoms with Crippen LogP contribution in [0.1, 0.15) is 17.4 Å². The van der Waals surface area contributed by atoms with Crippen LogP contribution in [0.15, 0.2) is 22.8 Å². The molecule has 1 amide bonds. The summed E-state index contributed by atoms with van der Waals surface area (Å²) in [5, 5.41) is 0. The van der Waals surface area contributed by atoms with Crippen LogP contribution in [-0.4, -0.2) is 25.1 Å². The zero-order chi connectivity index (χ0) is 11.5. The van der Waals surface area contributed by atoms with Crippen molar-refractivity contribution in [2.24, 2.45) is 0 Å². The SMILES string of the molecule is CCS(=O)(=O)NC(=O)c1cccc(Br)n1. The van der Waals surface area contributed by atoms with E-state index in [0.717, 1.165) is 0 Å². The van der Waals surface area contributed by atoms with Crippen molar-refractivity contribution in [2.45, 2.75) is 6.92 Å². The van der Waals surface area contributed by atoms with E-state index in [-0.39, 0.29) is 11.4 Å². The highest BCUT2D eigenvalue weighted by molar-refractivity contribution is 9.10. The second kappa shape index (κ2) is 4.71. The average Bonchev–Trinajstić information content (AvgIpc) is 2.17. The molecule has 0 aliphatic carbocycles. The summed E-state index contributed by atoms with van der Waals surface area (Å²) in [6.07, 6.45) is 0. The van der Waals surface area contributed by atoms with Crippen molar-refractivity contribution in [2.75, 3.05) is 5.75 Å². The lowest BCUT2D eigenvalue weighted by Gasteiger charge is -2.03. The van der Waals surface area contributed by atoms with Gasteiger partial charge < -0.3 is 0 Å². The second-order valence-corrected chi connectivity index (χ2v) is 5.50. The van der Waals surface area contributed by atoms with E-state index in [4.69, 9.17) is 0 Å². The molecule has 1 heterocycles. The zero-order valence-corrected chi connectivity index (χ0v) is 10.3. The van der Waals surface area contributed by atoms with Crippen LogP contribution in [0.2, 0.25) is 0 Å². The molecule has 0 saturated carbocycles. The van der Waals surface area contributed by atoms with Gasteiger partial charge in [-0.2, -0.15) is 0 Å². The lowest BCUT2D eigenvalue weighted by atomic mass is 10.3. The molecule has 0 atom stereocenters. The Morgan fingerprint density at radius 2 is 2.20 bits per heavy atom. The number of sulfonamides is 1. The first kappa shape index (κ1) is 12.1. The minimum Gasteiger partial charge on any atom is -0.266 e. The molecule has 0 saturated heterocycles. The van der Waals surface area contributed by atoms with Gasteiger partial charge in [0.1, 0.15) is 10.3 Å². The van der Waals surface area contributed by atoms with E-state index < -0.39 is 15.9 Å². The Morgan fingerprint density at radius 3 is 2.73 bits per heavy atom. The van der Waals surface area contributed by atoms with Gasteiger partial charge in [0.05, 0.1) is 5.75 Å². The summed E-state index contributed by atoms with van der Waals surface area (Å²) in [4.78, 5) is 15.2. The van der Waals surface area contributed by atoms with Crippen LogP contribution in [0.3, 0.4) is 0 Å². The van der Waals surface area contributed by atoms with Crippen molar-refractivity contribution in [3.8, 4) is 0 Å². The van der Waals surface area contributed by atoms with Gasteiger partial charge in [0.15, 0.2) is 0 Å². The number of nitrogens with one attached hydrogen (secondary N) is 1. The monoisotopic (exact) mass is 292 g/mol. The molecule has 7 heteroatoms. The Morgan fingerprint density at radius 1 is 1.53 bits per heavy atom. The summed E-state index contributed by atoms with van der Waals surface area (Å²) in [5.41, 5.74) is 0.0569. The summed E-state index contributed by atoms with van der Waals surface area (Å²) in [5.74, 6) is -0.870. The van der Waals surface area contributed by atoms with Gasteiger partial charge in [0.25, 0.3) is 5.91 Å². The lowest BCUT2D eigenvalue weighted by Crippen LogP contribution is -2.32. The summed E-state index contributed by atoms with van der Waals surface area (Å²) in [7, 11) is -3.53. The lowest BCUT2D eigenvalue weighted by molar-refractivity contribution is 0.0976. The van der Waals surface area contributed by atoms with E-state index in [2.05, 4.69) is 20.9 Å². The number of carbonyl (C=O) groups is 1. The predicted octanol–water partition coefficient (Wildman–Crippen LogP) is 0.924. The van der Waals surface area contributed by atoms with Crippen LogP contribution in [-0.2, 0) is 10.0 Å². The molecule has 82 valence electrons. The summed E-state index contributed by atoms with van der Waals surface area (Å²) in [6.45, 7) is 1.45. The van der Waals surface area contributed by atoms with E-state index in [1.807, 2.05) is 4.72 Å². The quantitative estimate of drug-likeness (QED) is 0.841. The fraction of sp³-hybridized carbons (Fsp3) is 0.250. The first-order valence-electron chi connectivity index (χ1n) is 4.12. The first-order valence-corrected chi connectivity index (χ1v) is 6.56. The molecule has 0 aliphatic rings. The molecule has 0 aromatic carbocycles. The number of aromatic nitrogens is 1. The Kier molecular flexibility index (Phi) is 3.81. The molecule has 0 aliphatic heterocycles. The highest BCUT2D eigenvalue weighted by atomic mass is 79.9. The van der Waals surface area contributed by atoms with Crippen molar-refractivity contribution < 1.29 is 13.2 Å². The Bertz CT molecular complexity index is 473. The number of carbonyl (C=O) groups excluding carboxylic acids is 1. The van der Waals surface area contributed by atoms with Gasteiger partial charge in [-0.05, 0) is 35.0 Å². The van der Waals surface area contributed by atoms with Gasteiger partial charge in [-0.3, -0.25) is 4.79 Å². The third-order valence-electron chi connectivity index (χ3n) is 1.58. The van der Waals surface area contributed by atoms with Crippen LogP contribution in [0.25, 0.3) is 0 Å². The third kappa shape index (κ3) is 3.60. The molecule has 1 rings (SSSR count). The molecule has 1 aromatic rings. The second-order valence-electron chi connectivity index (χ2n) is 2.68. The third-order valence-corrected chi connectivity index (χ3v) is 3.27. The maximum Gasteiger partial charge on any atom is 0.283 e. The fourth-order valence-corrected chi connectivity index (χ4v) is 1.68. The number of hydrogen-bond donors (Lipinski definition) is 1. The van der Waals surface area contributed by atoms with E-state index >= 15 is 0 Å². The molecule has 0 unspecified atom stereocenters. The number of hydrogen-bond acceptors (Lipinski definition) is 4. The van der Waals surface area contributed by atoms with Crippen LogP contribution < -0.4 is 4.72 Å². The maximum absolute atomic E-state index is 11.4. The molecular weight excluding hydrogens is 284 g/mol. The van der Waals surface area contributed by atoms with Crippen molar-refractivity contribution >= 4 is 31.9 Å². The van der Waals surface area contributed by atoms with Crippen molar-refractivity contribution in [1.29, 1.82) is 0 Å². The molecular formula is C8H9BrN2O3S. The smallest absolute Gasteiger partial charge is 0.266 e. The van der Waals surface area contributed by atoms with Gasteiger partial charge >= 0.3 is 0 Å². The van der Waals surface area contributed by atoms with E-state index in [1.165, 1.54) is 13.0 Å². The summed E-state index contributed by atoms with van der Waals surface area (Å²) in [6, 6.07) is 4.68. The highest BCUT2D eigenvalue weighted by Crippen LogP contribution is 2.06. The summed E-state index contributed by atoms with van der Waals surface area (Å²) < 4.78 is 24.6. The largest absolute Gasteiger partial charge is 0.283 e. The van der Waals surface area contributed by atoms with E-state index in [9.17, 15) is 13.2 Å². The van der Waals surface area contributed by atoms with Gasteiger partial charge in [0, 0.05) is 0 Å². The Balaban J connectivity index is 2.87. The number of nitrogens with zero attached hydrogens (tertiary/aromatic N) is 1. The van der Waals surface area contributed by atoms with Gasteiger partial charge in [-0.25, -0.2) is 18.1 Å². The van der Waals surface area contributed by atoms with E-state index in [0.29, 0.717) is 4.60 Å². The van der Waals surface area contributed by atoms with Crippen LogP contribution in [0, 0.1) is 0 Å². The highest BCUT2D eigenvalue weighted by Gasteiger charge is 2.14. The maximum atomic E-state index is 11.4. The predicted molar refractivity (Wildman–Crippen MR) is 58.9 cm³/mol. The van der Waals surface area contributed by atoms with Crippen molar-refractivity contribution in [3.05, 3.63) is 28.5 Å². The van der Waals surface area contributed by atoms with Crippen molar-refractivity contribution in [3.63, 3.8) is 0 Å². The summed E-state index contributed by atoms with van der Waals surface area (Å²) >= 11 is 3.09. The first-order chi connectivity index (χ1) is 6.94. The fourth-order valence-electron chi connectivity index (χ4n) is 0.800. The Hall–Kier alpha value is -0.950. The minimum absolute atomic E-state index is 0.0569. The number of amides is 1. The number of halogens is 1. The number of pyridine rings is 1.